The van der Waals surface area contributed by atoms with Gasteiger partial charge in [-0.1, -0.05) is 13.0 Å². The highest BCUT2D eigenvalue weighted by Crippen LogP contribution is 2.16. The molecule has 2 rings (SSSR count). The molecule has 0 unspecified atom stereocenters. The number of nitrogens with two attached hydrogens (primary N) is 1. The molecule has 19 heavy (non-hydrogen) atoms. The van der Waals surface area contributed by atoms with Crippen LogP contribution in [0.1, 0.15) is 16.8 Å². The van der Waals surface area contributed by atoms with Gasteiger partial charge < -0.3 is 5.73 Å². The van der Waals surface area contributed by atoms with E-state index in [2.05, 4.69) is 9.71 Å². The number of anilines is 1. The molecule has 7 heteroatoms. The highest BCUT2D eigenvalue weighted by Gasteiger charge is 2.14. The number of sulfonamides is 1. The Hall–Kier alpha value is -1.44. The molecule has 0 amide bonds. The van der Waals surface area contributed by atoms with Crippen molar-refractivity contribution in [3.8, 4) is 0 Å². The number of aryl methyl sites for hydroxylation is 1. The Morgan fingerprint density at radius 3 is 2.84 bits per heavy atom. The zero-order valence-corrected chi connectivity index (χ0v) is 12.1. The molecule has 0 aliphatic rings. The largest absolute Gasteiger partial charge is 0.399 e. The summed E-state index contributed by atoms with van der Waals surface area (Å²) in [6, 6.07) is 6.20. The van der Waals surface area contributed by atoms with Gasteiger partial charge in [-0.05, 0) is 24.6 Å². The van der Waals surface area contributed by atoms with Gasteiger partial charge in [-0.3, -0.25) is 0 Å². The first-order valence-electron chi connectivity index (χ1n) is 5.80. The number of hydrogen-bond donors (Lipinski definition) is 2. The molecule has 0 aliphatic heterocycles. The Bertz CT molecular complexity index is 665. The molecule has 0 bridgehead atoms. The van der Waals surface area contributed by atoms with E-state index in [0.717, 1.165) is 16.3 Å². The van der Waals surface area contributed by atoms with Gasteiger partial charge in [0.15, 0.2) is 0 Å². The lowest BCUT2D eigenvalue weighted by atomic mass is 10.3. The van der Waals surface area contributed by atoms with Crippen LogP contribution in [-0.2, 0) is 23.0 Å². The van der Waals surface area contributed by atoms with Gasteiger partial charge in [0.05, 0.1) is 11.4 Å². The maximum absolute atomic E-state index is 12.0. The van der Waals surface area contributed by atoms with Gasteiger partial charge in [0.1, 0.15) is 5.01 Å². The van der Waals surface area contributed by atoms with Gasteiger partial charge in [-0.2, -0.15) is 0 Å². The molecule has 0 aliphatic carbocycles. The summed E-state index contributed by atoms with van der Waals surface area (Å²) in [5, 5.41) is 0.754. The van der Waals surface area contributed by atoms with Crippen LogP contribution in [0.25, 0.3) is 0 Å². The third-order valence-electron chi connectivity index (χ3n) is 2.53. The number of aromatic nitrogens is 1. The quantitative estimate of drug-likeness (QED) is 0.824. The fourth-order valence-corrected chi connectivity index (χ4v) is 3.45. The average Bonchev–Trinajstić information content (AvgIpc) is 2.84. The van der Waals surface area contributed by atoms with Crippen molar-refractivity contribution in [1.82, 2.24) is 9.71 Å². The molecule has 0 atom stereocenters. The van der Waals surface area contributed by atoms with E-state index in [1.165, 1.54) is 23.5 Å². The molecule has 1 aromatic heterocycles. The topological polar surface area (TPSA) is 85.1 Å². The number of thiazole rings is 1. The molecule has 1 heterocycles. The fourth-order valence-electron chi connectivity index (χ4n) is 1.51. The van der Waals surface area contributed by atoms with E-state index in [0.29, 0.717) is 5.69 Å². The molecule has 0 fully saturated rings. The standard InChI is InChI=1S/C12H15N3O2S2/c1-2-10-7-14-12(18-10)8-15-19(16,17)11-5-3-4-9(13)6-11/h3-7,15H,2,8,13H2,1H3. The smallest absolute Gasteiger partial charge is 0.241 e. The molecule has 0 radical (unpaired) electrons. The summed E-state index contributed by atoms with van der Waals surface area (Å²) >= 11 is 1.51. The van der Waals surface area contributed by atoms with Crippen molar-refractivity contribution in [1.29, 1.82) is 0 Å². The number of nitrogens with zero attached hydrogens (tertiary/aromatic N) is 1. The molecule has 3 N–H and O–H groups in total. The van der Waals surface area contributed by atoms with Crippen molar-refractivity contribution >= 4 is 27.0 Å². The van der Waals surface area contributed by atoms with Crippen LogP contribution < -0.4 is 10.5 Å². The van der Waals surface area contributed by atoms with Crippen molar-refractivity contribution < 1.29 is 8.42 Å². The molecule has 102 valence electrons. The first kappa shape index (κ1) is 14.0. The predicted octanol–water partition coefficient (Wildman–Crippen LogP) is 1.77. The molecule has 5 nitrogen and oxygen atoms in total. The van der Waals surface area contributed by atoms with E-state index in [9.17, 15) is 8.42 Å². The average molecular weight is 297 g/mol. The number of benzene rings is 1. The number of nitrogens with one attached hydrogen (secondary N) is 1. The number of rotatable bonds is 5. The van der Waals surface area contributed by atoms with Crippen LogP contribution in [0.2, 0.25) is 0 Å². The van der Waals surface area contributed by atoms with Gasteiger partial charge in [-0.25, -0.2) is 18.1 Å². The van der Waals surface area contributed by atoms with Gasteiger partial charge in [0.2, 0.25) is 10.0 Å². The van der Waals surface area contributed by atoms with Gasteiger partial charge in [-0.15, -0.1) is 11.3 Å². The Balaban J connectivity index is 2.09. The maximum atomic E-state index is 12.0. The Morgan fingerprint density at radius 1 is 1.42 bits per heavy atom. The van der Waals surface area contributed by atoms with Crippen LogP contribution in [0.5, 0.6) is 0 Å². The Morgan fingerprint density at radius 2 is 2.21 bits per heavy atom. The highest BCUT2D eigenvalue weighted by atomic mass is 32.2. The second kappa shape index (κ2) is 5.68. The van der Waals surface area contributed by atoms with Crippen LogP contribution >= 0.6 is 11.3 Å². The molecule has 1 aromatic carbocycles. The summed E-state index contributed by atoms with van der Waals surface area (Å²) in [5.41, 5.74) is 6.00. The number of nitrogen functional groups attached to an aromatic ring is 1. The summed E-state index contributed by atoms with van der Waals surface area (Å²) in [6.07, 6.45) is 2.68. The highest BCUT2D eigenvalue weighted by molar-refractivity contribution is 7.89. The summed E-state index contributed by atoms with van der Waals surface area (Å²) in [4.78, 5) is 5.47. The molecule has 2 aromatic rings. The SMILES string of the molecule is CCc1cnc(CNS(=O)(=O)c2cccc(N)c2)s1. The van der Waals surface area contributed by atoms with E-state index in [1.807, 2.05) is 6.92 Å². The van der Waals surface area contributed by atoms with Crippen molar-refractivity contribution in [2.24, 2.45) is 0 Å². The van der Waals surface area contributed by atoms with Crippen molar-refractivity contribution in [2.45, 2.75) is 24.8 Å². The summed E-state index contributed by atoms with van der Waals surface area (Å²) in [7, 11) is -3.54. The zero-order chi connectivity index (χ0) is 13.9. The minimum absolute atomic E-state index is 0.166. The first-order valence-corrected chi connectivity index (χ1v) is 8.10. The second-order valence-electron chi connectivity index (χ2n) is 3.97. The first-order chi connectivity index (χ1) is 9.01. The van der Waals surface area contributed by atoms with E-state index >= 15 is 0 Å². The molecule has 0 saturated heterocycles. The van der Waals surface area contributed by atoms with Crippen LogP contribution in [0.4, 0.5) is 5.69 Å². The lowest BCUT2D eigenvalue weighted by molar-refractivity contribution is 0.581. The third-order valence-corrected chi connectivity index (χ3v) is 5.07. The van der Waals surface area contributed by atoms with Crippen LogP contribution in [-0.4, -0.2) is 13.4 Å². The van der Waals surface area contributed by atoms with Crippen molar-refractivity contribution in [2.75, 3.05) is 5.73 Å². The van der Waals surface area contributed by atoms with Gasteiger partial charge in [0.25, 0.3) is 0 Å². The molecular weight excluding hydrogens is 282 g/mol. The lowest BCUT2D eigenvalue weighted by Gasteiger charge is -2.05. The third kappa shape index (κ3) is 3.52. The number of hydrogen-bond acceptors (Lipinski definition) is 5. The molecule has 0 saturated carbocycles. The fraction of sp³-hybridized carbons (Fsp3) is 0.250. The summed E-state index contributed by atoms with van der Waals surface area (Å²) < 4.78 is 26.6. The zero-order valence-electron chi connectivity index (χ0n) is 10.5. The second-order valence-corrected chi connectivity index (χ2v) is 6.94. The Kier molecular flexibility index (Phi) is 4.18. The van der Waals surface area contributed by atoms with E-state index in [1.54, 1.807) is 18.3 Å². The minimum atomic E-state index is -3.54. The van der Waals surface area contributed by atoms with Crippen LogP contribution in [0, 0.1) is 0 Å². The summed E-state index contributed by atoms with van der Waals surface area (Å²) in [5.74, 6) is 0. The lowest BCUT2D eigenvalue weighted by Crippen LogP contribution is -2.23. The van der Waals surface area contributed by atoms with Crippen LogP contribution in [0.15, 0.2) is 35.4 Å². The molecule has 0 spiro atoms. The normalized spacial score (nSPS) is 11.6. The predicted molar refractivity (Wildman–Crippen MR) is 76.4 cm³/mol. The van der Waals surface area contributed by atoms with Gasteiger partial charge >= 0.3 is 0 Å². The Labute approximate surface area is 116 Å². The van der Waals surface area contributed by atoms with E-state index in [4.69, 9.17) is 5.73 Å². The van der Waals surface area contributed by atoms with Crippen molar-refractivity contribution in [3.63, 3.8) is 0 Å². The van der Waals surface area contributed by atoms with Crippen LogP contribution in [0.3, 0.4) is 0 Å². The summed E-state index contributed by atoms with van der Waals surface area (Å²) in [6.45, 7) is 2.23. The molecular formula is C12H15N3O2S2. The van der Waals surface area contributed by atoms with E-state index < -0.39 is 10.0 Å². The minimum Gasteiger partial charge on any atom is -0.399 e. The van der Waals surface area contributed by atoms with E-state index in [-0.39, 0.29) is 11.4 Å². The monoisotopic (exact) mass is 297 g/mol. The van der Waals surface area contributed by atoms with Gasteiger partial charge in [0, 0.05) is 16.8 Å². The maximum Gasteiger partial charge on any atom is 0.241 e. The van der Waals surface area contributed by atoms with Crippen molar-refractivity contribution in [3.05, 3.63) is 40.3 Å².